The molecule has 1 heterocycles. The van der Waals surface area contributed by atoms with Gasteiger partial charge in [0, 0.05) is 23.7 Å². The number of anilines is 1. The first-order valence-corrected chi connectivity index (χ1v) is 7.63. The lowest BCUT2D eigenvalue weighted by molar-refractivity contribution is 0.0997. The van der Waals surface area contributed by atoms with Crippen molar-refractivity contribution in [2.24, 2.45) is 5.73 Å². The molecule has 0 saturated heterocycles. The topological polar surface area (TPSA) is 110 Å². The second-order valence-electron chi connectivity index (χ2n) is 5.47. The van der Waals surface area contributed by atoms with Gasteiger partial charge in [0.05, 0.1) is 31.0 Å². The fraction of sp³-hybridized carbons (Fsp3) is 0.111. The lowest BCUT2D eigenvalue weighted by atomic mass is 10.1. The fourth-order valence-electron chi connectivity index (χ4n) is 2.61. The average Bonchev–Trinajstić information content (AvgIpc) is 2.64. The molecule has 1 amide bonds. The van der Waals surface area contributed by atoms with E-state index in [9.17, 15) is 13.6 Å². The summed E-state index contributed by atoms with van der Waals surface area (Å²) in [6.45, 7) is 0. The van der Waals surface area contributed by atoms with Crippen LogP contribution in [0.3, 0.4) is 0 Å². The number of ether oxygens (including phenoxy) is 3. The van der Waals surface area contributed by atoms with Crippen molar-refractivity contribution in [3.63, 3.8) is 0 Å². The molecule has 7 nitrogen and oxygen atoms in total. The second kappa shape index (κ2) is 6.94. The van der Waals surface area contributed by atoms with Crippen LogP contribution in [0.1, 0.15) is 10.4 Å². The molecule has 0 unspecified atom stereocenters. The molecule has 0 saturated carbocycles. The number of nitrogen functional groups attached to an aromatic ring is 1. The highest BCUT2D eigenvalue weighted by molar-refractivity contribution is 6.01. The Morgan fingerprint density at radius 3 is 2.44 bits per heavy atom. The molecular formula is C18H15F2N3O4. The molecule has 9 heteroatoms. The van der Waals surface area contributed by atoms with Crippen molar-refractivity contribution in [1.82, 2.24) is 4.98 Å². The third kappa shape index (κ3) is 3.14. The quantitative estimate of drug-likeness (QED) is 0.664. The van der Waals surface area contributed by atoms with E-state index < -0.39 is 23.3 Å². The number of carbonyl (C=O) groups is 1. The van der Waals surface area contributed by atoms with E-state index in [4.69, 9.17) is 25.7 Å². The summed E-state index contributed by atoms with van der Waals surface area (Å²) >= 11 is 0. The molecule has 4 N–H and O–H groups in total. The predicted octanol–water partition coefficient (Wildman–Crippen LogP) is 3.00. The summed E-state index contributed by atoms with van der Waals surface area (Å²) in [6, 6.07) is 5.13. The highest BCUT2D eigenvalue weighted by Gasteiger charge is 2.22. The van der Waals surface area contributed by atoms with Crippen molar-refractivity contribution < 1.29 is 27.8 Å². The summed E-state index contributed by atoms with van der Waals surface area (Å²) in [5.74, 6) is -3.63. The minimum Gasteiger partial charge on any atom is -0.496 e. The molecule has 0 spiro atoms. The van der Waals surface area contributed by atoms with Crippen LogP contribution in [-0.2, 0) is 0 Å². The second-order valence-corrected chi connectivity index (χ2v) is 5.47. The number of carbonyl (C=O) groups excluding carboxylic acids is 1. The largest absolute Gasteiger partial charge is 0.496 e. The number of nitrogens with two attached hydrogens (primary N) is 2. The predicted molar refractivity (Wildman–Crippen MR) is 94.2 cm³/mol. The van der Waals surface area contributed by atoms with Crippen LogP contribution in [0.4, 0.5) is 14.5 Å². The van der Waals surface area contributed by atoms with Crippen LogP contribution in [-0.4, -0.2) is 25.1 Å². The zero-order valence-corrected chi connectivity index (χ0v) is 14.4. The summed E-state index contributed by atoms with van der Waals surface area (Å²) in [6.07, 6.45) is 1.38. The van der Waals surface area contributed by atoms with Gasteiger partial charge in [-0.2, -0.15) is 4.39 Å². The fourth-order valence-corrected chi connectivity index (χ4v) is 2.61. The summed E-state index contributed by atoms with van der Waals surface area (Å²) in [4.78, 5) is 15.8. The molecular weight excluding hydrogens is 360 g/mol. The Morgan fingerprint density at radius 1 is 1.07 bits per heavy atom. The van der Waals surface area contributed by atoms with Crippen LogP contribution in [0, 0.1) is 11.6 Å². The number of pyridine rings is 1. The molecule has 140 valence electrons. The number of fused-ring (bicyclic) bond motifs is 1. The number of rotatable bonds is 5. The normalized spacial score (nSPS) is 10.7. The van der Waals surface area contributed by atoms with Gasteiger partial charge in [0.2, 0.25) is 11.6 Å². The molecule has 0 aliphatic heterocycles. The number of halogens is 2. The number of nitrogens with zero attached hydrogens (tertiary/aromatic N) is 1. The van der Waals surface area contributed by atoms with Crippen LogP contribution in [0.15, 0.2) is 30.5 Å². The maximum Gasteiger partial charge on any atom is 0.252 e. The zero-order chi connectivity index (χ0) is 19.7. The summed E-state index contributed by atoms with van der Waals surface area (Å²) in [5.41, 5.74) is 11.1. The van der Waals surface area contributed by atoms with Crippen LogP contribution < -0.4 is 25.7 Å². The third-order valence-electron chi connectivity index (χ3n) is 3.86. The summed E-state index contributed by atoms with van der Waals surface area (Å²) in [7, 11) is 2.57. The Morgan fingerprint density at radius 2 is 1.81 bits per heavy atom. The van der Waals surface area contributed by atoms with Gasteiger partial charge in [0.25, 0.3) is 5.91 Å². The minimum absolute atomic E-state index is 0.0507. The first kappa shape index (κ1) is 18.2. The number of benzene rings is 2. The first-order valence-electron chi connectivity index (χ1n) is 7.63. The SMILES string of the molecule is COc1cc2nccc(Oc3c(F)cc(N)c(OC)c3F)c2cc1C(N)=O. The molecule has 0 atom stereocenters. The van der Waals surface area contributed by atoms with E-state index in [-0.39, 0.29) is 28.5 Å². The van der Waals surface area contributed by atoms with E-state index in [1.54, 1.807) is 0 Å². The Balaban J connectivity index is 2.19. The monoisotopic (exact) mass is 375 g/mol. The summed E-state index contributed by atoms with van der Waals surface area (Å²) < 4.78 is 44.2. The Bertz CT molecular complexity index is 1060. The van der Waals surface area contributed by atoms with E-state index in [0.717, 1.165) is 6.07 Å². The zero-order valence-electron chi connectivity index (χ0n) is 14.4. The van der Waals surface area contributed by atoms with E-state index in [1.807, 2.05) is 0 Å². The van der Waals surface area contributed by atoms with Crippen molar-refractivity contribution in [2.75, 3.05) is 20.0 Å². The lowest BCUT2D eigenvalue weighted by Gasteiger charge is -2.14. The van der Waals surface area contributed by atoms with E-state index in [0.29, 0.717) is 10.9 Å². The maximum atomic E-state index is 14.5. The molecule has 2 aromatic carbocycles. The number of methoxy groups -OCH3 is 2. The number of primary amides is 1. The molecule has 3 rings (SSSR count). The molecule has 3 aromatic rings. The smallest absolute Gasteiger partial charge is 0.252 e. The molecule has 0 bridgehead atoms. The van der Waals surface area contributed by atoms with Gasteiger partial charge >= 0.3 is 0 Å². The van der Waals surface area contributed by atoms with Gasteiger partial charge in [-0.25, -0.2) is 4.39 Å². The standard InChI is InChI=1S/C18H15F2N3O4/c1-25-14-7-12-8(5-9(14)18(22)24)13(3-4-23-12)27-16-10(19)6-11(21)17(26-2)15(16)20/h3-7H,21H2,1-2H3,(H2,22,24). The lowest BCUT2D eigenvalue weighted by Crippen LogP contribution is -2.12. The summed E-state index contributed by atoms with van der Waals surface area (Å²) in [5, 5.41) is 0.307. The highest BCUT2D eigenvalue weighted by atomic mass is 19.1. The molecule has 1 aromatic heterocycles. The number of hydrogen-bond acceptors (Lipinski definition) is 6. The van der Waals surface area contributed by atoms with Crippen LogP contribution in [0.2, 0.25) is 0 Å². The molecule has 27 heavy (non-hydrogen) atoms. The Hall–Kier alpha value is -3.62. The molecule has 0 aliphatic carbocycles. The average molecular weight is 375 g/mol. The third-order valence-corrected chi connectivity index (χ3v) is 3.86. The van der Waals surface area contributed by atoms with Gasteiger partial charge in [0.1, 0.15) is 11.5 Å². The van der Waals surface area contributed by atoms with Gasteiger partial charge in [-0.05, 0) is 12.1 Å². The van der Waals surface area contributed by atoms with E-state index in [1.165, 1.54) is 38.6 Å². The van der Waals surface area contributed by atoms with Gasteiger partial charge in [-0.1, -0.05) is 0 Å². The van der Waals surface area contributed by atoms with Crippen molar-refractivity contribution in [3.05, 3.63) is 47.7 Å². The molecule has 0 aliphatic rings. The van der Waals surface area contributed by atoms with Crippen LogP contribution >= 0.6 is 0 Å². The maximum absolute atomic E-state index is 14.5. The van der Waals surface area contributed by atoms with Crippen LogP contribution in [0.5, 0.6) is 23.0 Å². The van der Waals surface area contributed by atoms with E-state index in [2.05, 4.69) is 4.98 Å². The number of aromatic nitrogens is 1. The molecule has 0 fully saturated rings. The number of amides is 1. The van der Waals surface area contributed by atoms with Gasteiger partial charge in [-0.3, -0.25) is 9.78 Å². The van der Waals surface area contributed by atoms with Crippen molar-refractivity contribution in [3.8, 4) is 23.0 Å². The number of hydrogen-bond donors (Lipinski definition) is 2. The Labute approximate surface area is 152 Å². The minimum atomic E-state index is -1.09. The van der Waals surface area contributed by atoms with Crippen molar-refractivity contribution in [1.29, 1.82) is 0 Å². The van der Waals surface area contributed by atoms with E-state index >= 15 is 0 Å². The highest BCUT2D eigenvalue weighted by Crippen LogP contribution is 2.39. The first-order chi connectivity index (χ1) is 12.9. The van der Waals surface area contributed by atoms with Gasteiger partial charge in [0.15, 0.2) is 11.6 Å². The molecule has 0 radical (unpaired) electrons. The van der Waals surface area contributed by atoms with Crippen LogP contribution in [0.25, 0.3) is 10.9 Å². The van der Waals surface area contributed by atoms with Gasteiger partial charge < -0.3 is 25.7 Å². The van der Waals surface area contributed by atoms with Crippen molar-refractivity contribution in [2.45, 2.75) is 0 Å². The van der Waals surface area contributed by atoms with Crippen molar-refractivity contribution >= 4 is 22.5 Å². The van der Waals surface area contributed by atoms with Gasteiger partial charge in [-0.15, -0.1) is 0 Å². The Kier molecular flexibility index (Phi) is 4.68.